The van der Waals surface area contributed by atoms with Gasteiger partial charge in [0.25, 0.3) is 0 Å². The van der Waals surface area contributed by atoms with Gasteiger partial charge in [0.1, 0.15) is 17.4 Å². The molecule has 1 amide bonds. The van der Waals surface area contributed by atoms with Crippen molar-refractivity contribution in [2.45, 2.75) is 62.8 Å². The molecule has 196 valence electrons. The van der Waals surface area contributed by atoms with E-state index in [9.17, 15) is 39.9 Å². The first kappa shape index (κ1) is 26.7. The number of amides is 1. The van der Waals surface area contributed by atoms with Gasteiger partial charge in [-0.15, -0.1) is 0 Å². The summed E-state index contributed by atoms with van der Waals surface area (Å²) < 4.78 is 0. The van der Waals surface area contributed by atoms with E-state index in [0.29, 0.717) is 11.3 Å². The fourth-order valence-electron chi connectivity index (χ4n) is 6.12. The van der Waals surface area contributed by atoms with Gasteiger partial charge in [0.05, 0.1) is 17.8 Å². The first-order valence-corrected chi connectivity index (χ1v) is 13.5. The number of hydrogen-bond donors (Lipinski definition) is 6. The molecule has 9 nitrogen and oxygen atoms in total. The molecule has 0 heterocycles. The minimum atomic E-state index is -2.84. The van der Waals surface area contributed by atoms with Crippen molar-refractivity contribution in [1.29, 1.82) is 0 Å². The van der Waals surface area contributed by atoms with E-state index in [-0.39, 0.29) is 16.9 Å². The van der Waals surface area contributed by atoms with Crippen LogP contribution in [0.3, 0.4) is 0 Å². The van der Waals surface area contributed by atoms with E-state index in [4.69, 9.17) is 5.73 Å². The third-order valence-electron chi connectivity index (χ3n) is 7.92. The molecule has 3 aliphatic rings. The number of primary amides is 1. The largest absolute Gasteiger partial charge is 0.507 e. The highest BCUT2D eigenvalue weighted by Gasteiger charge is 2.67. The van der Waals surface area contributed by atoms with Gasteiger partial charge in [-0.1, -0.05) is 38.3 Å². The molecule has 0 spiro atoms. The van der Waals surface area contributed by atoms with Gasteiger partial charge < -0.3 is 31.3 Å². The third kappa shape index (κ3) is 4.04. The Morgan fingerprint density at radius 3 is 2.56 bits per heavy atom. The maximum Gasteiger partial charge on any atom is 0.230 e. The summed E-state index contributed by atoms with van der Waals surface area (Å²) in [7, 11) is 0. The molecule has 0 saturated heterocycles. The van der Waals surface area contributed by atoms with Gasteiger partial charge in [-0.3, -0.25) is 14.4 Å². The van der Waals surface area contributed by atoms with Crippen molar-refractivity contribution in [3.8, 4) is 5.75 Å². The van der Waals surface area contributed by atoms with Gasteiger partial charge >= 0.3 is 0 Å². The summed E-state index contributed by atoms with van der Waals surface area (Å²) >= 11 is 1.63. The van der Waals surface area contributed by atoms with E-state index in [2.05, 4.69) is 6.92 Å². The Hall–Kier alpha value is -2.40. The topological polar surface area (TPSA) is 178 Å². The lowest BCUT2D eigenvalue weighted by Crippen LogP contribution is -2.70. The van der Waals surface area contributed by atoms with E-state index in [1.807, 2.05) is 0 Å². The number of aliphatic hydroxyl groups is 4. The zero-order valence-corrected chi connectivity index (χ0v) is 20.9. The van der Waals surface area contributed by atoms with Crippen molar-refractivity contribution in [2.24, 2.45) is 23.5 Å². The van der Waals surface area contributed by atoms with Crippen molar-refractivity contribution >= 4 is 35.0 Å². The number of carbonyl (C=O) groups excluding carboxylic acids is 3. The quantitative estimate of drug-likeness (QED) is 0.219. The van der Waals surface area contributed by atoms with Crippen LogP contribution in [-0.4, -0.2) is 72.3 Å². The molecule has 2 unspecified atom stereocenters. The van der Waals surface area contributed by atoms with Gasteiger partial charge in [-0.05, 0) is 30.2 Å². The highest BCUT2D eigenvalue weighted by atomic mass is 32.2. The second-order valence-electron chi connectivity index (χ2n) is 10.0. The number of Topliss-reactive ketones (excluding diaryl/α,β-unsaturated/α-hetero) is 2. The average molecular weight is 520 g/mol. The summed E-state index contributed by atoms with van der Waals surface area (Å²) in [6.45, 7) is 2.13. The predicted octanol–water partition coefficient (Wildman–Crippen LogP) is 1.41. The zero-order chi connectivity index (χ0) is 26.4. The molecule has 0 radical (unpaired) electrons. The Morgan fingerprint density at radius 1 is 1.17 bits per heavy atom. The highest BCUT2D eigenvalue weighted by Crippen LogP contribution is 2.55. The molecule has 2 saturated carbocycles. The summed E-state index contributed by atoms with van der Waals surface area (Å²) in [5.41, 5.74) is 2.67. The molecule has 0 aromatic heterocycles. The number of unbranched alkanes of at least 4 members (excludes halogenated alkanes) is 3. The third-order valence-corrected chi connectivity index (χ3v) is 9.10. The number of fused-ring (bicyclic) bond motifs is 3. The fraction of sp³-hybridized carbons (Fsp3) is 0.577. The Balaban J connectivity index is 1.78. The van der Waals surface area contributed by atoms with E-state index in [1.165, 1.54) is 6.07 Å². The summed E-state index contributed by atoms with van der Waals surface area (Å²) in [6.07, 6.45) is 0.868. The predicted molar refractivity (Wildman–Crippen MR) is 133 cm³/mol. The van der Waals surface area contributed by atoms with Crippen LogP contribution < -0.4 is 5.73 Å². The van der Waals surface area contributed by atoms with Crippen LogP contribution in [0.5, 0.6) is 5.75 Å². The number of hydrogen-bond acceptors (Lipinski definition) is 9. The van der Waals surface area contributed by atoms with Crippen LogP contribution in [0.15, 0.2) is 23.8 Å². The number of ketones is 2. The van der Waals surface area contributed by atoms with E-state index >= 15 is 0 Å². The van der Waals surface area contributed by atoms with Crippen molar-refractivity contribution in [2.75, 3.05) is 11.5 Å². The minimum absolute atomic E-state index is 0.0256. The molecule has 3 aliphatic carbocycles. The van der Waals surface area contributed by atoms with Crippen LogP contribution in [0.25, 0.3) is 5.76 Å². The Bertz CT molecular complexity index is 1100. The number of benzene rings is 1. The molecule has 2 fully saturated rings. The van der Waals surface area contributed by atoms with Crippen LogP contribution in [0.1, 0.15) is 56.1 Å². The zero-order valence-electron chi connectivity index (χ0n) is 20.1. The summed E-state index contributed by atoms with van der Waals surface area (Å²) in [6, 6.07) is 4.69. The molecule has 1 aromatic rings. The number of carbonyl (C=O) groups is 3. The van der Waals surface area contributed by atoms with Crippen LogP contribution in [0.2, 0.25) is 0 Å². The van der Waals surface area contributed by atoms with E-state index in [0.717, 1.165) is 31.4 Å². The summed E-state index contributed by atoms with van der Waals surface area (Å²) in [5, 5.41) is 55.1. The number of rotatable bonds is 8. The normalized spacial score (nSPS) is 33.7. The lowest BCUT2D eigenvalue weighted by molar-refractivity contribution is -0.186. The highest BCUT2D eigenvalue weighted by molar-refractivity contribution is 7.99. The van der Waals surface area contributed by atoms with Crippen LogP contribution in [0, 0.1) is 17.8 Å². The van der Waals surface area contributed by atoms with Crippen molar-refractivity contribution in [3.63, 3.8) is 0 Å². The van der Waals surface area contributed by atoms with Gasteiger partial charge in [-0.25, -0.2) is 0 Å². The Morgan fingerprint density at radius 2 is 1.89 bits per heavy atom. The molecular weight excluding hydrogens is 486 g/mol. The van der Waals surface area contributed by atoms with Gasteiger partial charge in [-0.2, -0.15) is 11.8 Å². The van der Waals surface area contributed by atoms with Crippen LogP contribution in [0.4, 0.5) is 0 Å². The second-order valence-corrected chi connectivity index (χ2v) is 11.2. The first-order valence-electron chi connectivity index (χ1n) is 12.4. The molecular formula is C26H33NO8S. The van der Waals surface area contributed by atoms with E-state index in [1.54, 1.807) is 23.9 Å². The molecule has 36 heavy (non-hydrogen) atoms. The number of phenols is 1. The molecule has 7 atom stereocenters. The van der Waals surface area contributed by atoms with Gasteiger partial charge in [0, 0.05) is 29.1 Å². The summed E-state index contributed by atoms with van der Waals surface area (Å²) in [5.74, 6) is -7.89. The molecule has 0 aliphatic heterocycles. The Labute approximate surface area is 213 Å². The van der Waals surface area contributed by atoms with Gasteiger partial charge in [0.15, 0.2) is 11.4 Å². The molecule has 7 N–H and O–H groups in total. The lowest BCUT2D eigenvalue weighted by Gasteiger charge is -2.52. The van der Waals surface area contributed by atoms with Crippen molar-refractivity contribution in [1.82, 2.24) is 0 Å². The average Bonchev–Trinajstić information content (AvgIpc) is 2.82. The van der Waals surface area contributed by atoms with Crippen LogP contribution in [-0.2, 0) is 14.4 Å². The van der Waals surface area contributed by atoms with E-state index < -0.39 is 71.1 Å². The van der Waals surface area contributed by atoms with Crippen molar-refractivity contribution < 1.29 is 39.9 Å². The second kappa shape index (κ2) is 10.2. The molecule has 1 aromatic carbocycles. The molecule has 4 rings (SSSR count). The lowest BCUT2D eigenvalue weighted by atomic mass is 9.53. The molecule has 10 heteroatoms. The maximum absolute atomic E-state index is 13.7. The fourth-order valence-corrected chi connectivity index (χ4v) is 7.33. The first-order chi connectivity index (χ1) is 17.1. The van der Waals surface area contributed by atoms with Gasteiger partial charge in [0.2, 0.25) is 11.7 Å². The SMILES string of the molecule is CCCCCCSC[C@H]1c2cccc(O)c2C(O)=C2C(=O)[C@]3(O)C(=O)C(C(N)=O)C(O)C[C@@H]3[C@@H](O)[C@@H]21. The standard InChI is InChI=1S/C26H33NO8S/c1-2-3-4-5-9-36-11-13-12-7-6-8-15(28)17(12)22(31)20-18(13)21(30)14-10-16(29)19(25(27)34)23(32)26(14,35)24(20)33/h6-8,13-14,16,18-19,21,28-31,35H,2-5,9-11H2,1H3,(H2,27,34)/t13-,14+,16?,18+,19?,21+,26+/m0/s1. The number of nitrogens with two attached hydrogens (primary N) is 1. The number of thioether (sulfide) groups is 1. The maximum atomic E-state index is 13.7. The number of aliphatic hydroxyl groups excluding tert-OH is 3. The Kier molecular flexibility index (Phi) is 7.52. The smallest absolute Gasteiger partial charge is 0.230 e. The van der Waals surface area contributed by atoms with Crippen molar-refractivity contribution in [3.05, 3.63) is 34.9 Å². The molecule has 0 bridgehead atoms. The monoisotopic (exact) mass is 519 g/mol. The number of aromatic hydroxyl groups is 1. The van der Waals surface area contributed by atoms with Crippen LogP contribution >= 0.6 is 11.8 Å². The number of phenolic OH excluding ortho intramolecular Hbond substituents is 1. The minimum Gasteiger partial charge on any atom is -0.507 e. The summed E-state index contributed by atoms with van der Waals surface area (Å²) in [4.78, 5) is 38.8.